The van der Waals surface area contributed by atoms with Gasteiger partial charge in [-0.3, -0.25) is 4.79 Å². The summed E-state index contributed by atoms with van der Waals surface area (Å²) in [4.78, 5) is 16.8. The van der Waals surface area contributed by atoms with Gasteiger partial charge in [0.25, 0.3) is 5.91 Å². The van der Waals surface area contributed by atoms with Gasteiger partial charge in [0.2, 0.25) is 0 Å². The van der Waals surface area contributed by atoms with Crippen LogP contribution in [0, 0.1) is 11.7 Å². The number of amides is 1. The van der Waals surface area contributed by atoms with E-state index in [2.05, 4.69) is 15.2 Å². The number of alkyl halides is 3. The molecule has 0 spiro atoms. The minimum atomic E-state index is -4.85. The summed E-state index contributed by atoms with van der Waals surface area (Å²) < 4.78 is 55.4. The number of nitrogens with zero attached hydrogens (tertiary/aromatic N) is 5. The number of hydrogen-bond acceptors (Lipinski definition) is 4. The molecule has 1 aromatic heterocycles. The van der Waals surface area contributed by atoms with Crippen LogP contribution in [0.15, 0.2) is 24.3 Å². The van der Waals surface area contributed by atoms with E-state index in [1.165, 1.54) is 49.1 Å². The van der Waals surface area contributed by atoms with Crippen molar-refractivity contribution in [2.24, 2.45) is 5.92 Å². The highest BCUT2D eigenvalue weighted by Crippen LogP contribution is 2.33. The molecule has 0 unspecified atom stereocenters. The molecule has 1 aliphatic heterocycles. The van der Waals surface area contributed by atoms with Gasteiger partial charge in [-0.05, 0) is 56.0 Å². The number of carbonyl (C=O) groups excluding carboxylic acids is 1. The van der Waals surface area contributed by atoms with E-state index in [0.717, 1.165) is 25.2 Å². The molecule has 0 N–H and O–H groups in total. The number of halogens is 4. The summed E-state index contributed by atoms with van der Waals surface area (Å²) in [6, 6.07) is 4.41. The van der Waals surface area contributed by atoms with Crippen LogP contribution in [0.2, 0.25) is 0 Å². The van der Waals surface area contributed by atoms with Gasteiger partial charge in [0.1, 0.15) is 5.82 Å². The predicted molar refractivity (Wildman–Crippen MR) is 110 cm³/mol. The van der Waals surface area contributed by atoms with Crippen molar-refractivity contribution in [1.29, 1.82) is 0 Å². The summed E-state index contributed by atoms with van der Waals surface area (Å²) >= 11 is 0. The van der Waals surface area contributed by atoms with Crippen molar-refractivity contribution in [2.75, 3.05) is 32.7 Å². The third-order valence-corrected chi connectivity index (χ3v) is 6.33. The van der Waals surface area contributed by atoms with Crippen LogP contribution in [0.4, 0.5) is 17.6 Å². The molecular formula is C22H27F4N5O. The van der Waals surface area contributed by atoms with E-state index in [1.807, 2.05) is 0 Å². The standard InChI is InChI=1S/C22H27F4N5O/c23-17-7-9-18(10-8-17)31-20(22(24,25)26)19(27-28-31)21(32)30-12-4-11-29(13-14-30)15-16-5-2-1-3-6-16/h7-10,16H,1-6,11-15H2. The molecular weight excluding hydrogens is 426 g/mol. The van der Waals surface area contributed by atoms with Gasteiger partial charge < -0.3 is 9.80 Å². The van der Waals surface area contributed by atoms with Crippen molar-refractivity contribution in [1.82, 2.24) is 24.8 Å². The fraction of sp³-hybridized carbons (Fsp3) is 0.591. The van der Waals surface area contributed by atoms with Crippen LogP contribution in [0.1, 0.15) is 54.7 Å². The van der Waals surface area contributed by atoms with Gasteiger partial charge in [-0.25, -0.2) is 9.07 Å². The summed E-state index contributed by atoms with van der Waals surface area (Å²) in [6.45, 7) is 3.17. The van der Waals surface area contributed by atoms with Gasteiger partial charge in [-0.1, -0.05) is 24.5 Å². The molecule has 2 heterocycles. The number of rotatable bonds is 4. The Morgan fingerprint density at radius 3 is 2.38 bits per heavy atom. The summed E-state index contributed by atoms with van der Waals surface area (Å²) in [5, 5.41) is 7.17. The van der Waals surface area contributed by atoms with Gasteiger partial charge in [-0.2, -0.15) is 13.2 Å². The summed E-state index contributed by atoms with van der Waals surface area (Å²) in [6.07, 6.45) is 2.10. The Labute approximate surface area is 184 Å². The number of benzene rings is 1. The maximum Gasteiger partial charge on any atom is 0.435 e. The molecule has 10 heteroatoms. The zero-order chi connectivity index (χ0) is 22.7. The molecule has 0 radical (unpaired) electrons. The smallest absolute Gasteiger partial charge is 0.336 e. The van der Waals surface area contributed by atoms with E-state index in [9.17, 15) is 22.4 Å². The molecule has 1 saturated carbocycles. The zero-order valence-corrected chi connectivity index (χ0v) is 17.8. The topological polar surface area (TPSA) is 54.3 Å². The van der Waals surface area contributed by atoms with Crippen LogP contribution < -0.4 is 0 Å². The first-order valence-electron chi connectivity index (χ1n) is 11.1. The van der Waals surface area contributed by atoms with Crippen molar-refractivity contribution < 1.29 is 22.4 Å². The van der Waals surface area contributed by atoms with Crippen molar-refractivity contribution >= 4 is 5.91 Å². The third kappa shape index (κ3) is 5.11. The third-order valence-electron chi connectivity index (χ3n) is 6.33. The van der Waals surface area contributed by atoms with Gasteiger partial charge >= 0.3 is 6.18 Å². The highest BCUT2D eigenvalue weighted by atomic mass is 19.4. The lowest BCUT2D eigenvalue weighted by Gasteiger charge is -2.28. The Morgan fingerprint density at radius 2 is 1.69 bits per heavy atom. The number of aromatic nitrogens is 3. The average Bonchev–Trinajstić information content (AvgIpc) is 3.10. The second-order valence-corrected chi connectivity index (χ2v) is 8.62. The van der Waals surface area contributed by atoms with Crippen LogP contribution in [0.5, 0.6) is 0 Å². The fourth-order valence-electron chi connectivity index (χ4n) is 4.68. The van der Waals surface area contributed by atoms with Gasteiger partial charge in [-0.15, -0.1) is 5.10 Å². The molecule has 6 nitrogen and oxygen atoms in total. The number of hydrogen-bond donors (Lipinski definition) is 0. The fourth-order valence-corrected chi connectivity index (χ4v) is 4.68. The number of carbonyl (C=O) groups is 1. The first-order chi connectivity index (χ1) is 15.3. The summed E-state index contributed by atoms with van der Waals surface area (Å²) in [7, 11) is 0. The van der Waals surface area contributed by atoms with Crippen molar-refractivity contribution in [3.8, 4) is 5.69 Å². The Morgan fingerprint density at radius 1 is 0.969 bits per heavy atom. The second-order valence-electron chi connectivity index (χ2n) is 8.62. The Hall–Kier alpha value is -2.49. The Kier molecular flexibility index (Phi) is 6.78. The molecule has 4 rings (SSSR count). The summed E-state index contributed by atoms with van der Waals surface area (Å²) in [5.41, 5.74) is -1.97. The minimum Gasteiger partial charge on any atom is -0.336 e. The maximum atomic E-state index is 13.9. The molecule has 0 bridgehead atoms. The Bertz CT molecular complexity index is 921. The highest BCUT2D eigenvalue weighted by Gasteiger charge is 2.43. The lowest BCUT2D eigenvalue weighted by atomic mass is 9.89. The minimum absolute atomic E-state index is 0.0141. The molecule has 2 aromatic rings. The molecule has 1 amide bonds. The lowest BCUT2D eigenvalue weighted by molar-refractivity contribution is -0.143. The van der Waals surface area contributed by atoms with Crippen molar-refractivity contribution in [3.05, 3.63) is 41.5 Å². The summed E-state index contributed by atoms with van der Waals surface area (Å²) in [5.74, 6) is -0.690. The first kappa shape index (κ1) is 22.7. The second kappa shape index (κ2) is 9.56. The highest BCUT2D eigenvalue weighted by molar-refractivity contribution is 5.93. The molecule has 174 valence electrons. The van der Waals surface area contributed by atoms with E-state index in [0.29, 0.717) is 36.7 Å². The predicted octanol–water partition coefficient (Wildman–Crippen LogP) is 4.15. The molecule has 1 saturated heterocycles. The Balaban J connectivity index is 1.50. The van der Waals surface area contributed by atoms with Gasteiger partial charge in [0, 0.05) is 26.2 Å². The van der Waals surface area contributed by atoms with Crippen LogP contribution in [0.3, 0.4) is 0 Å². The average molecular weight is 453 g/mol. The van der Waals surface area contributed by atoms with Crippen LogP contribution >= 0.6 is 0 Å². The van der Waals surface area contributed by atoms with E-state index < -0.39 is 29.3 Å². The van der Waals surface area contributed by atoms with Gasteiger partial charge in [0.15, 0.2) is 11.4 Å². The van der Waals surface area contributed by atoms with E-state index in [4.69, 9.17) is 0 Å². The van der Waals surface area contributed by atoms with Crippen LogP contribution in [-0.2, 0) is 6.18 Å². The van der Waals surface area contributed by atoms with E-state index >= 15 is 0 Å². The lowest BCUT2D eigenvalue weighted by Crippen LogP contribution is -2.37. The molecule has 2 aliphatic rings. The van der Waals surface area contributed by atoms with Crippen molar-refractivity contribution in [3.63, 3.8) is 0 Å². The van der Waals surface area contributed by atoms with Gasteiger partial charge in [0.05, 0.1) is 5.69 Å². The quantitative estimate of drug-likeness (QED) is 0.653. The zero-order valence-electron chi connectivity index (χ0n) is 17.8. The molecule has 2 fully saturated rings. The largest absolute Gasteiger partial charge is 0.435 e. The van der Waals surface area contributed by atoms with Crippen molar-refractivity contribution in [2.45, 2.75) is 44.7 Å². The van der Waals surface area contributed by atoms with E-state index in [1.54, 1.807) is 0 Å². The molecule has 1 aliphatic carbocycles. The van der Waals surface area contributed by atoms with E-state index in [-0.39, 0.29) is 5.69 Å². The normalized spacial score (nSPS) is 19.2. The monoisotopic (exact) mass is 453 g/mol. The van der Waals surface area contributed by atoms with Crippen LogP contribution in [-0.4, -0.2) is 63.4 Å². The molecule has 0 atom stereocenters. The molecule has 32 heavy (non-hydrogen) atoms. The maximum absolute atomic E-state index is 13.9. The van der Waals surface area contributed by atoms with Crippen LogP contribution in [0.25, 0.3) is 5.69 Å². The molecule has 1 aromatic carbocycles. The first-order valence-corrected chi connectivity index (χ1v) is 11.1. The SMILES string of the molecule is O=C(c1nnn(-c2ccc(F)cc2)c1C(F)(F)F)N1CCCN(CC2CCCCC2)CC1.